The van der Waals surface area contributed by atoms with Crippen LogP contribution in [0, 0.1) is 0 Å². The highest BCUT2D eigenvalue weighted by atomic mass is 16.6. The number of aliphatic hydroxyl groups is 4. The lowest BCUT2D eigenvalue weighted by Gasteiger charge is -2.40. The lowest BCUT2D eigenvalue weighted by atomic mass is 9.97. The number of aliphatic hydroxyl groups excluding tert-OH is 4. The molecule has 1 saturated heterocycles. The van der Waals surface area contributed by atoms with Gasteiger partial charge in [0.1, 0.15) is 24.4 Å². The minimum absolute atomic E-state index is 0.0962. The Bertz CT molecular complexity index is 279. The third-order valence-corrected chi connectivity index (χ3v) is 2.63. The second-order valence-electron chi connectivity index (χ2n) is 3.93. The Balaban J connectivity index is 2.57. The average Bonchev–Trinajstić information content (AvgIpc) is 2.36. The second kappa shape index (κ2) is 6.27. The highest BCUT2D eigenvalue weighted by Crippen LogP contribution is 2.19. The van der Waals surface area contributed by atoms with Crippen molar-refractivity contribution in [3.05, 3.63) is 0 Å². The smallest absolute Gasteiger partial charge is 0.220 e. The molecule has 1 heterocycles. The summed E-state index contributed by atoms with van der Waals surface area (Å²) in [6, 6.07) is -1.15. The molecule has 0 aromatic heterocycles. The molecule has 1 amide bonds. The van der Waals surface area contributed by atoms with Crippen LogP contribution < -0.4 is 5.32 Å². The van der Waals surface area contributed by atoms with E-state index >= 15 is 0 Å². The van der Waals surface area contributed by atoms with Crippen molar-refractivity contribution in [2.45, 2.75) is 50.4 Å². The van der Waals surface area contributed by atoms with Gasteiger partial charge in [-0.25, -0.2) is 0 Å². The molecule has 0 aromatic rings. The van der Waals surface area contributed by atoms with Crippen LogP contribution in [0.4, 0.5) is 0 Å². The first-order valence-electron chi connectivity index (χ1n) is 6.11. The molecule has 1 fully saturated rings. The zero-order chi connectivity index (χ0) is 13.7. The van der Waals surface area contributed by atoms with Crippen LogP contribution in [0.5, 0.6) is 0 Å². The molecule has 1 aliphatic rings. The van der Waals surface area contributed by atoms with E-state index in [1.165, 1.54) is 0 Å². The Labute approximate surface area is 100 Å². The number of carbonyl (C=O) groups excluding carboxylic acids is 1. The lowest BCUT2D eigenvalue weighted by Crippen LogP contribution is -2.64. The van der Waals surface area contributed by atoms with E-state index < -0.39 is 43.2 Å². The summed E-state index contributed by atoms with van der Waals surface area (Å²) in [5.41, 5.74) is 0. The van der Waals surface area contributed by atoms with Crippen molar-refractivity contribution in [2.24, 2.45) is 0 Å². The Morgan fingerprint density at radius 3 is 2.71 bits per heavy atom. The van der Waals surface area contributed by atoms with Crippen LogP contribution in [0.2, 0.25) is 0 Å². The molecule has 0 aromatic carbocycles. The highest BCUT2D eigenvalue weighted by Gasteiger charge is 2.44. The van der Waals surface area contributed by atoms with Crippen LogP contribution in [0.15, 0.2) is 0 Å². The van der Waals surface area contributed by atoms with E-state index in [2.05, 4.69) is 5.32 Å². The van der Waals surface area contributed by atoms with Gasteiger partial charge in [0, 0.05) is 7.79 Å². The van der Waals surface area contributed by atoms with Crippen molar-refractivity contribution in [2.75, 3.05) is 6.61 Å². The summed E-state index contributed by atoms with van der Waals surface area (Å²) in [5.74, 6) is -0.441. The van der Waals surface area contributed by atoms with Gasteiger partial charge in [-0.15, -0.1) is 0 Å². The molecule has 1 unspecified atom stereocenters. The van der Waals surface area contributed by atoms with E-state index in [0.29, 0.717) is 6.42 Å². The van der Waals surface area contributed by atoms with Crippen LogP contribution in [0.3, 0.4) is 0 Å². The molecule has 7 heteroatoms. The first-order valence-corrected chi connectivity index (χ1v) is 5.40. The fourth-order valence-corrected chi connectivity index (χ4v) is 1.67. The molecule has 0 bridgehead atoms. The number of hydrogen-bond donors (Lipinski definition) is 5. The predicted molar refractivity (Wildman–Crippen MR) is 56.8 cm³/mol. The molecular weight excluding hydrogens is 230 g/mol. The Morgan fingerprint density at radius 2 is 2.12 bits per heavy atom. The van der Waals surface area contributed by atoms with Crippen LogP contribution in [-0.2, 0) is 9.53 Å². The molecule has 17 heavy (non-hydrogen) atoms. The van der Waals surface area contributed by atoms with Crippen molar-refractivity contribution >= 4 is 5.91 Å². The molecule has 5 N–H and O–H groups in total. The third-order valence-electron chi connectivity index (χ3n) is 2.63. The fraction of sp³-hybridized carbons (Fsp3) is 0.900. The van der Waals surface area contributed by atoms with E-state index in [4.69, 9.17) is 11.2 Å². The molecule has 0 radical (unpaired) electrons. The molecule has 1 aliphatic heterocycles. The summed E-state index contributed by atoms with van der Waals surface area (Å²) in [6.07, 6.45) is -4.94. The first kappa shape index (κ1) is 12.7. The summed E-state index contributed by atoms with van der Waals surface area (Å²) in [7, 11) is 0. The summed E-state index contributed by atoms with van der Waals surface area (Å²) in [6.45, 7) is -0.441. The summed E-state index contributed by atoms with van der Waals surface area (Å²) in [4.78, 5) is 11.4. The van der Waals surface area contributed by atoms with E-state index in [0.717, 1.165) is 0 Å². The van der Waals surface area contributed by atoms with Gasteiger partial charge in [0.05, 0.1) is 6.61 Å². The van der Waals surface area contributed by atoms with Crippen molar-refractivity contribution in [1.82, 2.24) is 5.32 Å². The molecule has 1 rings (SSSR count). The second-order valence-corrected chi connectivity index (χ2v) is 3.93. The number of rotatable bonds is 4. The maximum Gasteiger partial charge on any atom is 0.220 e. The quantitative estimate of drug-likeness (QED) is 0.383. The normalized spacial score (nSPS) is 38.6. The van der Waals surface area contributed by atoms with Gasteiger partial charge in [-0.1, -0.05) is 6.90 Å². The first-order chi connectivity index (χ1) is 8.51. The largest absolute Gasteiger partial charge is 0.394 e. The number of ether oxygens (including phenoxy) is 1. The Morgan fingerprint density at radius 1 is 1.41 bits per heavy atom. The Kier molecular flexibility index (Phi) is 4.69. The minimum atomic E-state index is -1.50. The van der Waals surface area contributed by atoms with Gasteiger partial charge in [0.2, 0.25) is 5.91 Å². The topological polar surface area (TPSA) is 119 Å². The SMILES string of the molecule is [2H]CCCC(=O)N[C@H]1C(O)O[C@H](CO)[C@H](O)[C@@H]1O. The van der Waals surface area contributed by atoms with Gasteiger partial charge in [-0.05, 0) is 6.42 Å². The summed E-state index contributed by atoms with van der Waals surface area (Å²) >= 11 is 0. The van der Waals surface area contributed by atoms with Crippen molar-refractivity contribution in [1.29, 1.82) is 0 Å². The molecule has 0 saturated carbocycles. The fourth-order valence-electron chi connectivity index (χ4n) is 1.67. The van der Waals surface area contributed by atoms with Crippen LogP contribution in [0.25, 0.3) is 0 Å². The van der Waals surface area contributed by atoms with Gasteiger partial charge < -0.3 is 30.5 Å². The number of carbonyl (C=O) groups is 1. The molecule has 100 valence electrons. The van der Waals surface area contributed by atoms with E-state index in [1.807, 2.05) is 0 Å². The molecule has 7 nitrogen and oxygen atoms in total. The van der Waals surface area contributed by atoms with E-state index in [9.17, 15) is 20.1 Å². The van der Waals surface area contributed by atoms with Crippen LogP contribution >= 0.6 is 0 Å². The number of hydrogen-bond acceptors (Lipinski definition) is 6. The van der Waals surface area contributed by atoms with Gasteiger partial charge in [-0.2, -0.15) is 0 Å². The highest BCUT2D eigenvalue weighted by molar-refractivity contribution is 5.76. The predicted octanol–water partition coefficient (Wildman–Crippen LogP) is -2.30. The van der Waals surface area contributed by atoms with Crippen LogP contribution in [-0.4, -0.2) is 63.6 Å². The zero-order valence-electron chi connectivity index (χ0n) is 10.3. The Hall–Kier alpha value is -0.730. The molecular formula is C10H19NO6. The van der Waals surface area contributed by atoms with Crippen molar-refractivity contribution in [3.8, 4) is 0 Å². The summed E-state index contributed by atoms with van der Waals surface area (Å²) in [5, 5.41) is 40.1. The molecule has 0 aliphatic carbocycles. The van der Waals surface area contributed by atoms with E-state index in [1.54, 1.807) is 0 Å². The number of nitrogens with one attached hydrogen (secondary N) is 1. The molecule has 0 spiro atoms. The minimum Gasteiger partial charge on any atom is -0.394 e. The van der Waals surface area contributed by atoms with E-state index in [-0.39, 0.29) is 13.3 Å². The van der Waals surface area contributed by atoms with Gasteiger partial charge in [0.15, 0.2) is 6.29 Å². The summed E-state index contributed by atoms with van der Waals surface area (Å²) < 4.78 is 11.8. The monoisotopic (exact) mass is 250 g/mol. The van der Waals surface area contributed by atoms with Crippen LogP contribution in [0.1, 0.15) is 21.1 Å². The maximum absolute atomic E-state index is 11.4. The average molecular weight is 250 g/mol. The lowest BCUT2D eigenvalue weighted by molar-refractivity contribution is -0.253. The van der Waals surface area contributed by atoms with Gasteiger partial charge in [-0.3, -0.25) is 4.79 Å². The maximum atomic E-state index is 11.4. The zero-order valence-corrected chi connectivity index (χ0v) is 9.32. The van der Waals surface area contributed by atoms with Gasteiger partial charge in [0.25, 0.3) is 0 Å². The number of amides is 1. The van der Waals surface area contributed by atoms with Crippen molar-refractivity contribution in [3.63, 3.8) is 0 Å². The van der Waals surface area contributed by atoms with Crippen molar-refractivity contribution < 1.29 is 31.3 Å². The molecule has 5 atom stereocenters. The standard InChI is InChI=1S/C10H19NO6/c1-2-3-6(13)11-7-9(15)8(14)5(4-12)17-10(7)16/h5,7-10,12,14-16H,2-4H2,1H3,(H,11,13)/t5-,7-,8+,9-,10?/m1/s1/i1D. The third kappa shape index (κ3) is 3.36. The van der Waals surface area contributed by atoms with Gasteiger partial charge >= 0.3 is 0 Å².